The summed E-state index contributed by atoms with van der Waals surface area (Å²) in [5.41, 5.74) is 0.976. The highest BCUT2D eigenvalue weighted by atomic mass is 32.2. The molecule has 0 saturated carbocycles. The number of H-pyrrole nitrogens is 1. The topological polar surface area (TPSA) is 108 Å². The Hall–Kier alpha value is -3.92. The summed E-state index contributed by atoms with van der Waals surface area (Å²) < 4.78 is 8.25. The Bertz CT molecular complexity index is 1590. The van der Waals surface area contributed by atoms with Crippen molar-refractivity contribution < 1.29 is 4.74 Å². The second-order valence-electron chi connectivity index (χ2n) is 6.88. The van der Waals surface area contributed by atoms with Crippen molar-refractivity contribution in [2.45, 2.75) is 12.1 Å². The molecule has 0 radical (unpaired) electrons. The van der Waals surface area contributed by atoms with Crippen LogP contribution in [0.25, 0.3) is 33.4 Å². The summed E-state index contributed by atoms with van der Waals surface area (Å²) in [5, 5.41) is 8.11. The quantitative estimate of drug-likeness (QED) is 0.327. The normalized spacial score (nSPS) is 11.3. The molecule has 0 fully saturated rings. The molecule has 0 aliphatic heterocycles. The Kier molecular flexibility index (Phi) is 4.98. The number of hydrogen-bond acceptors (Lipinski definition) is 7. The smallest absolute Gasteiger partial charge is 0.266 e. The molecule has 1 aromatic carbocycles. The van der Waals surface area contributed by atoms with Crippen LogP contribution in [0, 0.1) is 0 Å². The number of para-hydroxylation sites is 2. The lowest BCUT2D eigenvalue weighted by Crippen LogP contribution is -2.21. The first-order valence-electron chi connectivity index (χ1n) is 9.87. The zero-order valence-corrected chi connectivity index (χ0v) is 18.1. The van der Waals surface area contributed by atoms with Gasteiger partial charge in [-0.05, 0) is 36.1 Å². The van der Waals surface area contributed by atoms with E-state index in [1.165, 1.54) is 20.9 Å². The maximum Gasteiger partial charge on any atom is 0.266 e. The van der Waals surface area contributed by atoms with Crippen molar-refractivity contribution in [1.82, 2.24) is 29.3 Å². The molecule has 1 N–H and O–H groups in total. The molecular weight excluding hydrogens is 428 g/mol. The van der Waals surface area contributed by atoms with Crippen molar-refractivity contribution in [3.05, 3.63) is 75.6 Å². The van der Waals surface area contributed by atoms with Crippen molar-refractivity contribution in [2.75, 3.05) is 12.9 Å². The predicted molar refractivity (Wildman–Crippen MR) is 123 cm³/mol. The fourth-order valence-electron chi connectivity index (χ4n) is 3.55. The zero-order chi connectivity index (χ0) is 22.2. The summed E-state index contributed by atoms with van der Waals surface area (Å²) in [7, 11) is 1.55. The van der Waals surface area contributed by atoms with E-state index < -0.39 is 0 Å². The zero-order valence-electron chi connectivity index (χ0n) is 17.3. The van der Waals surface area contributed by atoms with Gasteiger partial charge in [-0.2, -0.15) is 4.98 Å². The molecule has 4 heterocycles. The number of thioether (sulfide) groups is 1. The summed E-state index contributed by atoms with van der Waals surface area (Å²) in [6, 6.07) is 12.3. The molecular formula is C22H18N6O3S. The predicted octanol–water partition coefficient (Wildman–Crippen LogP) is 2.93. The molecule has 0 unspecified atom stereocenters. The first-order valence-corrected chi connectivity index (χ1v) is 10.9. The number of benzene rings is 1. The number of aromatic nitrogens is 6. The van der Waals surface area contributed by atoms with Gasteiger partial charge in [0, 0.05) is 12.4 Å². The van der Waals surface area contributed by atoms with Crippen LogP contribution in [0.4, 0.5) is 0 Å². The van der Waals surface area contributed by atoms with Gasteiger partial charge in [0.2, 0.25) is 11.1 Å². The van der Waals surface area contributed by atoms with E-state index in [9.17, 15) is 9.59 Å². The third kappa shape index (κ3) is 3.25. The monoisotopic (exact) mass is 446 g/mol. The largest absolute Gasteiger partial charge is 0.495 e. The van der Waals surface area contributed by atoms with Crippen molar-refractivity contribution in [3.8, 4) is 17.4 Å². The molecule has 32 heavy (non-hydrogen) atoms. The van der Waals surface area contributed by atoms with Crippen LogP contribution in [0.5, 0.6) is 5.75 Å². The number of ether oxygens (including phenoxy) is 1. The van der Waals surface area contributed by atoms with Gasteiger partial charge in [0.05, 0.1) is 34.6 Å². The second-order valence-corrected chi connectivity index (χ2v) is 8.11. The summed E-state index contributed by atoms with van der Waals surface area (Å²) >= 11 is 1.47. The highest BCUT2D eigenvalue weighted by Gasteiger charge is 2.14. The minimum absolute atomic E-state index is 0.294. The van der Waals surface area contributed by atoms with Gasteiger partial charge in [-0.15, -0.1) is 5.10 Å². The van der Waals surface area contributed by atoms with Crippen LogP contribution in [0.2, 0.25) is 0 Å². The Balaban J connectivity index is 1.72. The highest BCUT2D eigenvalue weighted by molar-refractivity contribution is 7.99. The lowest BCUT2D eigenvalue weighted by Gasteiger charge is -2.11. The number of nitrogens with zero attached hydrogens (tertiary/aromatic N) is 5. The molecule has 0 aliphatic carbocycles. The van der Waals surface area contributed by atoms with E-state index in [-0.39, 0.29) is 11.1 Å². The van der Waals surface area contributed by atoms with Gasteiger partial charge in [0.25, 0.3) is 11.1 Å². The Morgan fingerprint density at radius 2 is 1.66 bits per heavy atom. The minimum atomic E-state index is -0.340. The third-order valence-electron chi connectivity index (χ3n) is 5.04. The third-order valence-corrected chi connectivity index (χ3v) is 5.77. The van der Waals surface area contributed by atoms with Gasteiger partial charge in [0.15, 0.2) is 0 Å². The maximum atomic E-state index is 13.3. The number of nitrogens with one attached hydrogen (secondary N) is 1. The summed E-state index contributed by atoms with van der Waals surface area (Å²) in [5.74, 6) is 1.70. The molecule has 160 valence electrons. The first kappa shape index (κ1) is 20.0. The molecule has 0 spiro atoms. The number of hydrogen-bond donors (Lipinski definition) is 1. The molecule has 4 aromatic heterocycles. The summed E-state index contributed by atoms with van der Waals surface area (Å²) in [6.45, 7) is 2.00. The average Bonchev–Trinajstić information content (AvgIpc) is 3.27. The average molecular weight is 446 g/mol. The Morgan fingerprint density at radius 3 is 2.38 bits per heavy atom. The van der Waals surface area contributed by atoms with E-state index in [4.69, 9.17) is 4.74 Å². The molecule has 0 aliphatic rings. The van der Waals surface area contributed by atoms with E-state index >= 15 is 0 Å². The number of aromatic amines is 1. The first-order chi connectivity index (χ1) is 15.6. The molecule has 0 saturated heterocycles. The second kappa shape index (κ2) is 7.97. The number of fused-ring (bicyclic) bond motifs is 2. The van der Waals surface area contributed by atoms with Crippen LogP contribution in [-0.2, 0) is 0 Å². The number of methoxy groups -OCH3 is 1. The van der Waals surface area contributed by atoms with E-state index in [1.54, 1.807) is 49.8 Å². The molecule has 0 bridgehead atoms. The molecule has 5 rings (SSSR count). The molecule has 9 nitrogen and oxygen atoms in total. The number of pyridine rings is 3. The Labute approximate surface area is 185 Å². The van der Waals surface area contributed by atoms with Gasteiger partial charge in [-0.1, -0.05) is 30.8 Å². The number of rotatable bonds is 5. The van der Waals surface area contributed by atoms with Gasteiger partial charge in [0.1, 0.15) is 5.75 Å². The lowest BCUT2D eigenvalue weighted by molar-refractivity contribution is 0.412. The highest BCUT2D eigenvalue weighted by Crippen LogP contribution is 2.22. The van der Waals surface area contributed by atoms with Crippen LogP contribution in [-0.4, -0.2) is 42.2 Å². The van der Waals surface area contributed by atoms with E-state index in [0.717, 1.165) is 5.75 Å². The van der Waals surface area contributed by atoms with E-state index in [2.05, 4.69) is 20.2 Å². The van der Waals surface area contributed by atoms with Crippen LogP contribution in [0.15, 0.2) is 69.6 Å². The van der Waals surface area contributed by atoms with Crippen molar-refractivity contribution in [1.29, 1.82) is 0 Å². The standard InChI is InChI=1S/C22H18N6O3S/c1-3-32-22-24-21(25-26-22)28-11-9-16-14(20(28)30)12-13-15(23-16)8-10-27(19(13)29)17-6-4-5-7-18(17)31-2/h4-12H,3H2,1-2H3,(H,24,25,26). The van der Waals surface area contributed by atoms with Crippen molar-refractivity contribution in [2.24, 2.45) is 0 Å². The summed E-state index contributed by atoms with van der Waals surface area (Å²) in [6.07, 6.45) is 3.25. The van der Waals surface area contributed by atoms with Crippen molar-refractivity contribution >= 4 is 33.6 Å². The van der Waals surface area contributed by atoms with E-state index in [1.807, 2.05) is 19.1 Å². The Morgan fingerprint density at radius 1 is 0.969 bits per heavy atom. The molecule has 0 atom stereocenters. The van der Waals surface area contributed by atoms with Crippen LogP contribution >= 0.6 is 11.8 Å². The van der Waals surface area contributed by atoms with Crippen LogP contribution in [0.3, 0.4) is 0 Å². The SMILES string of the molecule is CCSc1n[nH]c(-n2ccc3nc4ccn(-c5ccccc5OC)c(=O)c4cc3c2=O)n1. The van der Waals surface area contributed by atoms with Gasteiger partial charge in [-0.25, -0.2) is 10.1 Å². The van der Waals surface area contributed by atoms with E-state index in [0.29, 0.717) is 44.3 Å². The van der Waals surface area contributed by atoms with Gasteiger partial charge < -0.3 is 4.74 Å². The van der Waals surface area contributed by atoms with Gasteiger partial charge >= 0.3 is 0 Å². The van der Waals surface area contributed by atoms with Gasteiger partial charge in [-0.3, -0.25) is 18.7 Å². The summed E-state index contributed by atoms with van der Waals surface area (Å²) in [4.78, 5) is 35.4. The fourth-order valence-corrected chi connectivity index (χ4v) is 4.07. The van der Waals surface area contributed by atoms with Crippen LogP contribution in [0.1, 0.15) is 6.92 Å². The molecule has 10 heteroatoms. The minimum Gasteiger partial charge on any atom is -0.495 e. The molecule has 5 aromatic rings. The fraction of sp³-hybridized carbons (Fsp3) is 0.136. The maximum absolute atomic E-state index is 13.3. The molecule has 0 amide bonds. The van der Waals surface area contributed by atoms with Crippen LogP contribution < -0.4 is 15.9 Å². The lowest BCUT2D eigenvalue weighted by atomic mass is 10.2. The van der Waals surface area contributed by atoms with Crippen molar-refractivity contribution in [3.63, 3.8) is 0 Å².